The van der Waals surface area contributed by atoms with Gasteiger partial charge in [-0.25, -0.2) is 0 Å². The monoisotopic (exact) mass is 459 g/mol. The number of anilines is 2. The van der Waals surface area contributed by atoms with Crippen molar-refractivity contribution in [1.82, 2.24) is 5.32 Å². The molecule has 0 radical (unpaired) electrons. The van der Waals surface area contributed by atoms with Gasteiger partial charge in [0.05, 0.1) is 25.9 Å². The van der Waals surface area contributed by atoms with Gasteiger partial charge in [-0.3, -0.25) is 9.59 Å². The maximum atomic E-state index is 12.8. The van der Waals surface area contributed by atoms with Crippen LogP contribution in [0.3, 0.4) is 0 Å². The molecule has 3 aliphatic rings. The molecule has 1 saturated heterocycles. The summed E-state index contributed by atoms with van der Waals surface area (Å²) in [7, 11) is 0. The number of hydrogen-bond acceptors (Lipinski definition) is 6. The van der Waals surface area contributed by atoms with Gasteiger partial charge >= 0.3 is 0 Å². The van der Waals surface area contributed by atoms with E-state index in [2.05, 4.69) is 36.3 Å². The highest BCUT2D eigenvalue weighted by Gasteiger charge is 2.65. The molecule has 4 N–H and O–H groups in total. The lowest BCUT2D eigenvalue weighted by Crippen LogP contribution is -2.47. The predicted octanol–water partition coefficient (Wildman–Crippen LogP) is 1.76. The highest BCUT2D eigenvalue weighted by atomic mass is 16.5. The number of benzene rings is 1. The SMILES string of the molecule is CC1(C)C2CCC1(C)C(O)C2CC(=O)NC(CO)C(=O)Nc1ccc(N2CCOCC2)cc1. The smallest absolute Gasteiger partial charge is 0.249 e. The van der Waals surface area contributed by atoms with E-state index in [4.69, 9.17) is 4.74 Å². The van der Waals surface area contributed by atoms with Gasteiger partial charge in [-0.05, 0) is 59.8 Å². The van der Waals surface area contributed by atoms with Crippen molar-refractivity contribution in [1.29, 1.82) is 0 Å². The fraction of sp³-hybridized carbons (Fsp3) is 0.680. The van der Waals surface area contributed by atoms with Gasteiger partial charge in [0.2, 0.25) is 11.8 Å². The van der Waals surface area contributed by atoms with Gasteiger partial charge in [-0.2, -0.15) is 0 Å². The molecule has 33 heavy (non-hydrogen) atoms. The summed E-state index contributed by atoms with van der Waals surface area (Å²) in [5.41, 5.74) is 1.44. The number of carbonyl (C=O) groups excluding carboxylic acids is 2. The molecule has 3 fully saturated rings. The van der Waals surface area contributed by atoms with E-state index in [1.54, 1.807) is 0 Å². The molecule has 5 unspecified atom stereocenters. The summed E-state index contributed by atoms with van der Waals surface area (Å²) in [6.07, 6.45) is 1.59. The molecule has 8 nitrogen and oxygen atoms in total. The van der Waals surface area contributed by atoms with E-state index in [0.717, 1.165) is 31.6 Å². The van der Waals surface area contributed by atoms with Crippen molar-refractivity contribution >= 4 is 23.2 Å². The van der Waals surface area contributed by atoms with E-state index in [1.807, 2.05) is 24.3 Å². The fourth-order valence-electron chi connectivity index (χ4n) is 6.25. The van der Waals surface area contributed by atoms with Gasteiger partial charge in [-0.1, -0.05) is 20.8 Å². The van der Waals surface area contributed by atoms with Crippen LogP contribution in [0, 0.1) is 22.7 Å². The molecule has 2 aliphatic carbocycles. The Balaban J connectivity index is 1.32. The van der Waals surface area contributed by atoms with E-state index < -0.39 is 24.7 Å². The second-order valence-electron chi connectivity index (χ2n) is 10.5. The predicted molar refractivity (Wildman–Crippen MR) is 126 cm³/mol. The molecule has 2 amide bonds. The van der Waals surface area contributed by atoms with Crippen LogP contribution in [-0.4, -0.2) is 67.1 Å². The molecular weight excluding hydrogens is 422 g/mol. The van der Waals surface area contributed by atoms with Crippen LogP contribution in [0.25, 0.3) is 0 Å². The molecule has 8 heteroatoms. The number of nitrogens with zero attached hydrogens (tertiary/aromatic N) is 1. The van der Waals surface area contributed by atoms with Gasteiger partial charge in [0.15, 0.2) is 0 Å². The van der Waals surface area contributed by atoms with Crippen LogP contribution in [0.5, 0.6) is 0 Å². The van der Waals surface area contributed by atoms with E-state index in [1.165, 1.54) is 0 Å². The molecular formula is C25H37N3O5. The quantitative estimate of drug-likeness (QED) is 0.495. The second kappa shape index (κ2) is 9.24. The highest BCUT2D eigenvalue weighted by molar-refractivity contribution is 5.97. The Labute approximate surface area is 195 Å². The molecule has 182 valence electrons. The number of carbonyl (C=O) groups is 2. The first-order valence-electron chi connectivity index (χ1n) is 12.0. The minimum Gasteiger partial charge on any atom is -0.394 e. The lowest BCUT2D eigenvalue weighted by atomic mass is 9.70. The van der Waals surface area contributed by atoms with Crippen molar-refractivity contribution in [2.75, 3.05) is 43.1 Å². The first-order chi connectivity index (χ1) is 15.7. The van der Waals surface area contributed by atoms with Gasteiger partial charge < -0.3 is 30.5 Å². The summed E-state index contributed by atoms with van der Waals surface area (Å²) in [5, 5.41) is 26.1. The average molecular weight is 460 g/mol. The molecule has 1 heterocycles. The Kier molecular flexibility index (Phi) is 6.71. The molecule has 1 aromatic carbocycles. The van der Waals surface area contributed by atoms with E-state index in [9.17, 15) is 19.8 Å². The number of aliphatic hydroxyl groups is 2. The third-order valence-corrected chi connectivity index (χ3v) is 8.72. The number of rotatable bonds is 7. The standard InChI is InChI=1S/C25H37N3O5/c1-24(2)19-8-9-25(24,3)22(31)18(19)14-21(30)27-20(15-29)23(32)26-16-4-6-17(7-5-16)28-10-12-33-13-11-28/h4-7,18-20,22,29,31H,8-15H2,1-3H3,(H,26,32)(H,27,30). The third kappa shape index (κ3) is 4.36. The number of amides is 2. The van der Waals surface area contributed by atoms with Gasteiger partial charge in [-0.15, -0.1) is 0 Å². The van der Waals surface area contributed by atoms with E-state index in [-0.39, 0.29) is 35.0 Å². The summed E-state index contributed by atoms with van der Waals surface area (Å²) in [6, 6.07) is 6.45. The Bertz CT molecular complexity index is 867. The second-order valence-corrected chi connectivity index (χ2v) is 10.5. The molecule has 1 aliphatic heterocycles. The first-order valence-corrected chi connectivity index (χ1v) is 12.0. The van der Waals surface area contributed by atoms with Crippen LogP contribution in [0.4, 0.5) is 11.4 Å². The van der Waals surface area contributed by atoms with Crippen molar-refractivity contribution in [3.63, 3.8) is 0 Å². The Morgan fingerprint density at radius 1 is 1.18 bits per heavy atom. The van der Waals surface area contributed by atoms with Gasteiger partial charge in [0.1, 0.15) is 6.04 Å². The normalized spacial score (nSPS) is 31.3. The summed E-state index contributed by atoms with van der Waals surface area (Å²) >= 11 is 0. The van der Waals surface area contributed by atoms with Crippen molar-refractivity contribution in [2.45, 2.75) is 52.2 Å². The van der Waals surface area contributed by atoms with E-state index >= 15 is 0 Å². The first kappa shape index (κ1) is 24.0. The molecule has 2 bridgehead atoms. The molecule has 0 spiro atoms. The van der Waals surface area contributed by atoms with Crippen molar-refractivity contribution in [2.24, 2.45) is 22.7 Å². The van der Waals surface area contributed by atoms with Crippen LogP contribution in [0.15, 0.2) is 24.3 Å². The maximum Gasteiger partial charge on any atom is 0.249 e. The lowest BCUT2D eigenvalue weighted by molar-refractivity contribution is -0.129. The number of aliphatic hydroxyl groups excluding tert-OH is 2. The number of nitrogens with one attached hydrogen (secondary N) is 2. The summed E-state index contributed by atoms with van der Waals surface area (Å²) < 4.78 is 5.37. The van der Waals surface area contributed by atoms with Crippen LogP contribution in [-0.2, 0) is 14.3 Å². The fourth-order valence-corrected chi connectivity index (χ4v) is 6.25. The van der Waals surface area contributed by atoms with Crippen molar-refractivity contribution in [3.8, 4) is 0 Å². The Hall–Kier alpha value is -2.16. The minimum atomic E-state index is -1.05. The van der Waals surface area contributed by atoms with Crippen molar-refractivity contribution < 1.29 is 24.5 Å². The van der Waals surface area contributed by atoms with E-state index in [0.29, 0.717) is 18.9 Å². The summed E-state index contributed by atoms with van der Waals surface area (Å²) in [5.74, 6) is -0.642. The maximum absolute atomic E-state index is 12.8. The molecule has 4 rings (SSSR count). The van der Waals surface area contributed by atoms with Crippen LogP contribution < -0.4 is 15.5 Å². The highest BCUT2D eigenvalue weighted by Crippen LogP contribution is 2.68. The number of ether oxygens (including phenoxy) is 1. The van der Waals surface area contributed by atoms with Crippen LogP contribution in [0.1, 0.15) is 40.0 Å². The zero-order valence-electron chi connectivity index (χ0n) is 19.8. The Morgan fingerprint density at radius 2 is 1.85 bits per heavy atom. The molecule has 2 saturated carbocycles. The van der Waals surface area contributed by atoms with Gasteiger partial charge in [0, 0.05) is 30.9 Å². The minimum absolute atomic E-state index is 0.0293. The number of hydrogen-bond donors (Lipinski definition) is 4. The molecule has 5 atom stereocenters. The molecule has 1 aromatic rings. The average Bonchev–Trinajstić information content (AvgIpc) is 3.12. The largest absolute Gasteiger partial charge is 0.394 e. The zero-order chi connectivity index (χ0) is 23.8. The van der Waals surface area contributed by atoms with Crippen molar-refractivity contribution in [3.05, 3.63) is 24.3 Å². The number of fused-ring (bicyclic) bond motifs is 2. The zero-order valence-corrected chi connectivity index (χ0v) is 19.8. The van der Waals surface area contributed by atoms with Gasteiger partial charge in [0.25, 0.3) is 0 Å². The third-order valence-electron chi connectivity index (χ3n) is 8.72. The lowest BCUT2D eigenvalue weighted by Gasteiger charge is -2.37. The Morgan fingerprint density at radius 3 is 2.42 bits per heavy atom. The molecule has 0 aromatic heterocycles. The summed E-state index contributed by atoms with van der Waals surface area (Å²) in [6.45, 7) is 9.04. The summed E-state index contributed by atoms with van der Waals surface area (Å²) in [4.78, 5) is 27.7. The van der Waals surface area contributed by atoms with Crippen LogP contribution in [0.2, 0.25) is 0 Å². The number of morpholine rings is 1. The topological polar surface area (TPSA) is 111 Å². The van der Waals surface area contributed by atoms with Crippen LogP contribution >= 0.6 is 0 Å².